The van der Waals surface area contributed by atoms with Gasteiger partial charge in [-0.15, -0.1) is 0 Å². The third kappa shape index (κ3) is 1.90. The second-order valence-electron chi connectivity index (χ2n) is 2.41. The lowest BCUT2D eigenvalue weighted by Gasteiger charge is -1.86. The molecule has 1 aromatic heterocycles. The summed E-state index contributed by atoms with van der Waals surface area (Å²) in [6.45, 7) is 4.17. The maximum absolute atomic E-state index is 4.05. The van der Waals surface area contributed by atoms with Crippen molar-refractivity contribution in [1.29, 1.82) is 0 Å². The topological polar surface area (TPSA) is 12.9 Å². The third-order valence-corrected chi connectivity index (χ3v) is 1.62. The predicted molar refractivity (Wildman–Crippen MR) is 48.4 cm³/mol. The summed E-state index contributed by atoms with van der Waals surface area (Å²) in [5.41, 5.74) is 0. The van der Waals surface area contributed by atoms with Crippen LogP contribution in [0.3, 0.4) is 0 Å². The highest BCUT2D eigenvalue weighted by molar-refractivity contribution is 5.28. The van der Waals surface area contributed by atoms with Crippen LogP contribution in [0.15, 0.2) is 18.5 Å². The van der Waals surface area contributed by atoms with E-state index in [-0.39, 0.29) is 0 Å². The maximum atomic E-state index is 4.05. The van der Waals surface area contributed by atoms with E-state index < -0.39 is 0 Å². The molecule has 1 heterocycles. The van der Waals surface area contributed by atoms with E-state index in [1.54, 1.807) is 0 Å². The summed E-state index contributed by atoms with van der Waals surface area (Å²) in [7, 11) is 0. The van der Waals surface area contributed by atoms with E-state index in [0.29, 0.717) is 0 Å². The Balaban J connectivity index is 3.37. The minimum atomic E-state index is 1.07. The third-order valence-electron chi connectivity index (χ3n) is 1.62. The number of nitrogens with zero attached hydrogens (tertiary/aromatic N) is 1. The Morgan fingerprint density at radius 2 is 2.27 bits per heavy atom. The van der Waals surface area contributed by atoms with Gasteiger partial charge in [-0.3, -0.25) is 4.98 Å². The zero-order valence-electron chi connectivity index (χ0n) is 7.04. The van der Waals surface area contributed by atoms with E-state index in [1.807, 2.05) is 25.4 Å². The average Bonchev–Trinajstić information content (AvgIpc) is 2.06. The molecule has 11 heavy (non-hydrogen) atoms. The number of rotatable bonds is 1. The first-order valence-electron chi connectivity index (χ1n) is 3.95. The van der Waals surface area contributed by atoms with Gasteiger partial charge in [-0.2, -0.15) is 0 Å². The molecule has 0 N–H and O–H groups in total. The zero-order valence-corrected chi connectivity index (χ0v) is 7.04. The van der Waals surface area contributed by atoms with Crippen molar-refractivity contribution in [3.8, 4) is 0 Å². The lowest BCUT2D eigenvalue weighted by Crippen LogP contribution is -2.23. The Morgan fingerprint density at radius 1 is 1.45 bits per heavy atom. The fourth-order valence-electron chi connectivity index (χ4n) is 1.06. The minimum absolute atomic E-state index is 1.07. The summed E-state index contributed by atoms with van der Waals surface area (Å²) in [4.78, 5) is 4.05. The molecular weight excluding hydrogens is 134 g/mol. The molecule has 0 radical (unpaired) electrons. The number of aromatic nitrogens is 1. The molecule has 0 bridgehead atoms. The van der Waals surface area contributed by atoms with Gasteiger partial charge in [0.1, 0.15) is 0 Å². The number of pyridine rings is 1. The fourth-order valence-corrected chi connectivity index (χ4v) is 1.06. The molecule has 0 amide bonds. The smallest absolute Gasteiger partial charge is 0.0342 e. The minimum Gasteiger partial charge on any atom is -0.264 e. The van der Waals surface area contributed by atoms with E-state index in [4.69, 9.17) is 0 Å². The van der Waals surface area contributed by atoms with Crippen molar-refractivity contribution < 1.29 is 0 Å². The molecule has 0 saturated heterocycles. The van der Waals surface area contributed by atoms with Crippen LogP contribution < -0.4 is 10.4 Å². The number of hydrogen-bond donors (Lipinski definition) is 0. The first-order chi connectivity index (χ1) is 5.38. The van der Waals surface area contributed by atoms with Crippen LogP contribution in [0.25, 0.3) is 12.2 Å². The molecule has 0 aliphatic heterocycles. The Labute approximate surface area is 67.1 Å². The standard InChI is InChI=1S/C10H13N/c1-3-5-10-6-7-11-8-9(10)4-2/h4-8H,3H2,1-2H3/b9-4-,10-5-. The van der Waals surface area contributed by atoms with Crippen molar-refractivity contribution >= 4 is 12.2 Å². The average molecular weight is 147 g/mol. The second-order valence-corrected chi connectivity index (χ2v) is 2.41. The van der Waals surface area contributed by atoms with E-state index in [9.17, 15) is 0 Å². The Morgan fingerprint density at radius 3 is 2.91 bits per heavy atom. The highest BCUT2D eigenvalue weighted by atomic mass is 14.6. The van der Waals surface area contributed by atoms with Crippen LogP contribution in [-0.4, -0.2) is 4.98 Å². The van der Waals surface area contributed by atoms with Gasteiger partial charge in [0.15, 0.2) is 0 Å². The SMILES string of the molecule is C/C=c1/cncc/c1=C/CC. The molecule has 58 valence electrons. The van der Waals surface area contributed by atoms with Crippen LogP contribution in [0, 0.1) is 0 Å². The molecule has 1 rings (SSSR count). The van der Waals surface area contributed by atoms with Crippen molar-refractivity contribution in [3.05, 3.63) is 28.9 Å². The van der Waals surface area contributed by atoms with Crippen LogP contribution in [0.4, 0.5) is 0 Å². The van der Waals surface area contributed by atoms with Crippen LogP contribution in [0.2, 0.25) is 0 Å². The van der Waals surface area contributed by atoms with Gasteiger partial charge in [-0.1, -0.05) is 19.1 Å². The van der Waals surface area contributed by atoms with E-state index >= 15 is 0 Å². The van der Waals surface area contributed by atoms with Gasteiger partial charge in [0.25, 0.3) is 0 Å². The molecule has 1 heteroatoms. The summed E-state index contributed by atoms with van der Waals surface area (Å²) in [5.74, 6) is 0. The van der Waals surface area contributed by atoms with Crippen molar-refractivity contribution in [2.24, 2.45) is 0 Å². The predicted octanol–water partition coefficient (Wildman–Crippen LogP) is 1.07. The van der Waals surface area contributed by atoms with Crippen molar-refractivity contribution in [1.82, 2.24) is 4.98 Å². The first kappa shape index (κ1) is 7.99. The molecule has 0 unspecified atom stereocenters. The highest BCUT2D eigenvalue weighted by Crippen LogP contribution is 1.73. The normalized spacial score (nSPS) is 14.0. The van der Waals surface area contributed by atoms with Crippen molar-refractivity contribution in [3.63, 3.8) is 0 Å². The van der Waals surface area contributed by atoms with Gasteiger partial charge in [0.05, 0.1) is 0 Å². The first-order valence-corrected chi connectivity index (χ1v) is 3.95. The highest BCUT2D eigenvalue weighted by Gasteiger charge is 1.80. The molecule has 0 spiro atoms. The van der Waals surface area contributed by atoms with Gasteiger partial charge in [-0.25, -0.2) is 0 Å². The summed E-state index contributed by atoms with van der Waals surface area (Å²) in [6.07, 6.45) is 9.08. The maximum Gasteiger partial charge on any atom is 0.0342 e. The van der Waals surface area contributed by atoms with Gasteiger partial charge < -0.3 is 0 Å². The Bertz CT molecular complexity index is 325. The van der Waals surface area contributed by atoms with Gasteiger partial charge in [-0.05, 0) is 29.8 Å². The van der Waals surface area contributed by atoms with Crippen molar-refractivity contribution in [2.45, 2.75) is 20.3 Å². The summed E-state index contributed by atoms with van der Waals surface area (Å²) >= 11 is 0. The fraction of sp³-hybridized carbons (Fsp3) is 0.300. The lowest BCUT2D eigenvalue weighted by atomic mass is 10.2. The van der Waals surface area contributed by atoms with Gasteiger partial charge in [0, 0.05) is 12.4 Å². The summed E-state index contributed by atoms with van der Waals surface area (Å²) < 4.78 is 0. The van der Waals surface area contributed by atoms with E-state index in [2.05, 4.69) is 24.1 Å². The summed E-state index contributed by atoms with van der Waals surface area (Å²) in [5, 5.41) is 2.50. The van der Waals surface area contributed by atoms with Crippen LogP contribution in [0.5, 0.6) is 0 Å². The second kappa shape index (κ2) is 3.91. The van der Waals surface area contributed by atoms with Crippen molar-refractivity contribution in [2.75, 3.05) is 0 Å². The molecule has 0 aliphatic carbocycles. The van der Waals surface area contributed by atoms with E-state index in [0.717, 1.165) is 6.42 Å². The zero-order chi connectivity index (χ0) is 8.10. The molecule has 0 aromatic carbocycles. The molecule has 1 aromatic rings. The van der Waals surface area contributed by atoms with Crippen LogP contribution >= 0.6 is 0 Å². The Kier molecular flexibility index (Phi) is 2.84. The van der Waals surface area contributed by atoms with Crippen LogP contribution in [-0.2, 0) is 0 Å². The molecule has 0 aliphatic rings. The molecule has 0 fully saturated rings. The number of hydrogen-bond acceptors (Lipinski definition) is 1. The quantitative estimate of drug-likeness (QED) is 0.579. The lowest BCUT2D eigenvalue weighted by molar-refractivity contribution is 1.24. The van der Waals surface area contributed by atoms with Crippen LogP contribution in [0.1, 0.15) is 20.3 Å². The summed E-state index contributed by atoms with van der Waals surface area (Å²) in [6, 6.07) is 2.04. The van der Waals surface area contributed by atoms with Gasteiger partial charge in [0.2, 0.25) is 0 Å². The molecule has 1 nitrogen and oxygen atoms in total. The molecule has 0 atom stereocenters. The van der Waals surface area contributed by atoms with Gasteiger partial charge >= 0.3 is 0 Å². The molecular formula is C10H13N. The molecule has 0 saturated carbocycles. The largest absolute Gasteiger partial charge is 0.264 e. The monoisotopic (exact) mass is 147 g/mol. The Hall–Kier alpha value is -1.11. The van der Waals surface area contributed by atoms with E-state index in [1.165, 1.54) is 10.4 Å².